The molecule has 0 aliphatic rings. The lowest BCUT2D eigenvalue weighted by molar-refractivity contribution is 0.0930. The first-order valence-corrected chi connectivity index (χ1v) is 5.76. The van der Waals surface area contributed by atoms with E-state index in [0.717, 1.165) is 0 Å². The molecule has 2 N–H and O–H groups in total. The number of ether oxygens (including phenoxy) is 2. The minimum Gasteiger partial charge on any atom is -0.493 e. The fraction of sp³-hybridized carbons (Fsp3) is 0.462. The Morgan fingerprint density at radius 3 is 2.67 bits per heavy atom. The topological polar surface area (TPSA) is 67.8 Å². The van der Waals surface area contributed by atoms with Gasteiger partial charge in [-0.1, -0.05) is 6.07 Å². The second kappa shape index (κ2) is 6.86. The molecule has 1 amide bonds. The van der Waals surface area contributed by atoms with Crippen LogP contribution in [0.5, 0.6) is 11.5 Å². The van der Waals surface area contributed by atoms with Gasteiger partial charge in [0.1, 0.15) is 0 Å². The van der Waals surface area contributed by atoms with Gasteiger partial charge in [0.25, 0.3) is 5.91 Å². The van der Waals surface area contributed by atoms with Crippen molar-refractivity contribution in [2.75, 3.05) is 20.8 Å². The van der Waals surface area contributed by atoms with Gasteiger partial charge in [0.05, 0.1) is 19.8 Å². The summed E-state index contributed by atoms with van der Waals surface area (Å²) in [5.74, 6) is 0.681. The van der Waals surface area contributed by atoms with Crippen LogP contribution in [-0.4, -0.2) is 37.9 Å². The van der Waals surface area contributed by atoms with Crippen LogP contribution in [0.15, 0.2) is 18.2 Å². The van der Waals surface area contributed by atoms with Gasteiger partial charge in [0.15, 0.2) is 11.5 Å². The molecule has 0 bridgehead atoms. The highest BCUT2D eigenvalue weighted by atomic mass is 16.5. The molecular formula is C13H19NO4. The van der Waals surface area contributed by atoms with Crippen LogP contribution < -0.4 is 14.8 Å². The third-order valence-corrected chi connectivity index (χ3v) is 2.59. The van der Waals surface area contributed by atoms with Crippen LogP contribution in [0.25, 0.3) is 0 Å². The van der Waals surface area contributed by atoms with E-state index in [0.29, 0.717) is 23.5 Å². The smallest absolute Gasteiger partial charge is 0.255 e. The SMILES string of the molecule is COc1cccc(C(=O)NC(C)CCO)c1OC. The predicted octanol–water partition coefficient (Wildman–Crippen LogP) is 1.20. The number of para-hydroxylation sites is 1. The van der Waals surface area contributed by atoms with Gasteiger partial charge < -0.3 is 19.9 Å². The third-order valence-electron chi connectivity index (χ3n) is 2.59. The van der Waals surface area contributed by atoms with E-state index in [1.54, 1.807) is 18.2 Å². The Labute approximate surface area is 107 Å². The van der Waals surface area contributed by atoms with E-state index in [1.165, 1.54) is 14.2 Å². The molecule has 1 atom stereocenters. The summed E-state index contributed by atoms with van der Waals surface area (Å²) in [7, 11) is 3.01. The minimum atomic E-state index is -0.244. The zero-order chi connectivity index (χ0) is 13.5. The molecule has 0 heterocycles. The highest BCUT2D eigenvalue weighted by Gasteiger charge is 2.17. The molecule has 1 unspecified atom stereocenters. The van der Waals surface area contributed by atoms with E-state index in [2.05, 4.69) is 5.32 Å². The maximum atomic E-state index is 12.0. The molecule has 1 aromatic carbocycles. The van der Waals surface area contributed by atoms with Crippen molar-refractivity contribution < 1.29 is 19.4 Å². The van der Waals surface area contributed by atoms with Crippen molar-refractivity contribution in [2.24, 2.45) is 0 Å². The number of hydrogen-bond donors (Lipinski definition) is 2. The second-order valence-electron chi connectivity index (χ2n) is 3.93. The normalized spacial score (nSPS) is 11.8. The fourth-order valence-electron chi connectivity index (χ4n) is 1.63. The number of nitrogens with one attached hydrogen (secondary N) is 1. The third kappa shape index (κ3) is 3.37. The van der Waals surface area contributed by atoms with Crippen molar-refractivity contribution in [2.45, 2.75) is 19.4 Å². The van der Waals surface area contributed by atoms with Crippen molar-refractivity contribution in [1.82, 2.24) is 5.32 Å². The number of carbonyl (C=O) groups is 1. The number of rotatable bonds is 6. The van der Waals surface area contributed by atoms with E-state index >= 15 is 0 Å². The largest absolute Gasteiger partial charge is 0.493 e. The molecule has 5 heteroatoms. The van der Waals surface area contributed by atoms with Crippen LogP contribution >= 0.6 is 0 Å². The quantitative estimate of drug-likeness (QED) is 0.799. The number of benzene rings is 1. The summed E-state index contributed by atoms with van der Waals surface area (Å²) >= 11 is 0. The number of aliphatic hydroxyl groups is 1. The van der Waals surface area contributed by atoms with Crippen molar-refractivity contribution in [3.63, 3.8) is 0 Å². The summed E-state index contributed by atoms with van der Waals surface area (Å²) in [5.41, 5.74) is 0.418. The summed E-state index contributed by atoms with van der Waals surface area (Å²) in [6.45, 7) is 1.87. The number of amides is 1. The zero-order valence-corrected chi connectivity index (χ0v) is 10.9. The van der Waals surface area contributed by atoms with Crippen LogP contribution in [0.1, 0.15) is 23.7 Å². The number of carbonyl (C=O) groups excluding carboxylic acids is 1. The Hall–Kier alpha value is -1.75. The summed E-state index contributed by atoms with van der Waals surface area (Å²) in [6.07, 6.45) is 0.512. The maximum Gasteiger partial charge on any atom is 0.255 e. The average molecular weight is 253 g/mol. The number of methoxy groups -OCH3 is 2. The average Bonchev–Trinajstić information content (AvgIpc) is 2.37. The number of aliphatic hydroxyl groups excluding tert-OH is 1. The van der Waals surface area contributed by atoms with E-state index in [-0.39, 0.29) is 18.6 Å². The Morgan fingerprint density at radius 2 is 2.11 bits per heavy atom. The van der Waals surface area contributed by atoms with Crippen LogP contribution in [0, 0.1) is 0 Å². The molecule has 1 rings (SSSR count). The molecule has 0 spiro atoms. The van der Waals surface area contributed by atoms with Gasteiger partial charge in [-0.3, -0.25) is 4.79 Å². The van der Waals surface area contributed by atoms with Gasteiger partial charge in [-0.05, 0) is 25.5 Å². The highest BCUT2D eigenvalue weighted by molar-refractivity contribution is 5.97. The zero-order valence-electron chi connectivity index (χ0n) is 10.9. The summed E-state index contributed by atoms with van der Waals surface area (Å²) in [6, 6.07) is 5.03. The first-order chi connectivity index (χ1) is 8.63. The van der Waals surface area contributed by atoms with Gasteiger partial charge in [-0.2, -0.15) is 0 Å². The molecule has 0 saturated heterocycles. The van der Waals surface area contributed by atoms with Gasteiger partial charge in [-0.15, -0.1) is 0 Å². The Kier molecular flexibility index (Phi) is 5.45. The molecule has 0 saturated carbocycles. The molecule has 0 aliphatic heterocycles. The van der Waals surface area contributed by atoms with Crippen LogP contribution in [0.2, 0.25) is 0 Å². The van der Waals surface area contributed by atoms with E-state index in [9.17, 15) is 4.79 Å². The minimum absolute atomic E-state index is 0.0384. The fourth-order valence-corrected chi connectivity index (χ4v) is 1.63. The molecule has 5 nitrogen and oxygen atoms in total. The van der Waals surface area contributed by atoms with Crippen molar-refractivity contribution in [3.8, 4) is 11.5 Å². The molecule has 0 aliphatic carbocycles. The van der Waals surface area contributed by atoms with Gasteiger partial charge >= 0.3 is 0 Å². The molecule has 0 fully saturated rings. The van der Waals surface area contributed by atoms with Crippen LogP contribution in [0.4, 0.5) is 0 Å². The highest BCUT2D eigenvalue weighted by Crippen LogP contribution is 2.30. The Balaban J connectivity index is 2.91. The lowest BCUT2D eigenvalue weighted by atomic mass is 10.1. The van der Waals surface area contributed by atoms with E-state index in [4.69, 9.17) is 14.6 Å². The lowest BCUT2D eigenvalue weighted by Crippen LogP contribution is -2.33. The molecule has 100 valence electrons. The van der Waals surface area contributed by atoms with Crippen molar-refractivity contribution >= 4 is 5.91 Å². The standard InChI is InChI=1S/C13H19NO4/c1-9(7-8-15)14-13(16)10-5-4-6-11(17-2)12(10)18-3/h4-6,9,15H,7-8H2,1-3H3,(H,14,16). The first kappa shape index (κ1) is 14.3. The van der Waals surface area contributed by atoms with Gasteiger partial charge in [0.2, 0.25) is 0 Å². The molecule has 0 aromatic heterocycles. The molecular weight excluding hydrogens is 234 g/mol. The van der Waals surface area contributed by atoms with Gasteiger partial charge in [-0.25, -0.2) is 0 Å². The summed E-state index contributed by atoms with van der Waals surface area (Å²) < 4.78 is 10.3. The maximum absolute atomic E-state index is 12.0. The number of hydrogen-bond acceptors (Lipinski definition) is 4. The lowest BCUT2D eigenvalue weighted by Gasteiger charge is -2.15. The summed E-state index contributed by atoms with van der Waals surface area (Å²) in [4.78, 5) is 12.0. The van der Waals surface area contributed by atoms with E-state index < -0.39 is 0 Å². The summed E-state index contributed by atoms with van der Waals surface area (Å²) in [5, 5.41) is 11.6. The van der Waals surface area contributed by atoms with Crippen molar-refractivity contribution in [1.29, 1.82) is 0 Å². The first-order valence-electron chi connectivity index (χ1n) is 5.76. The monoisotopic (exact) mass is 253 g/mol. The van der Waals surface area contributed by atoms with Crippen molar-refractivity contribution in [3.05, 3.63) is 23.8 Å². The Morgan fingerprint density at radius 1 is 1.39 bits per heavy atom. The predicted molar refractivity (Wildman–Crippen MR) is 68.2 cm³/mol. The Bertz CT molecular complexity index is 406. The molecule has 1 aromatic rings. The van der Waals surface area contributed by atoms with E-state index in [1.807, 2.05) is 6.92 Å². The second-order valence-corrected chi connectivity index (χ2v) is 3.93. The van der Waals surface area contributed by atoms with Crippen LogP contribution in [-0.2, 0) is 0 Å². The molecule has 0 radical (unpaired) electrons. The molecule has 18 heavy (non-hydrogen) atoms. The van der Waals surface area contributed by atoms with Crippen LogP contribution in [0.3, 0.4) is 0 Å². The van der Waals surface area contributed by atoms with Gasteiger partial charge in [0, 0.05) is 12.6 Å².